The molecule has 1 aromatic carbocycles. The van der Waals surface area contributed by atoms with Gasteiger partial charge in [-0.1, -0.05) is 25.5 Å². The zero-order valence-electron chi connectivity index (χ0n) is 11.7. The Kier molecular flexibility index (Phi) is 4.47. The van der Waals surface area contributed by atoms with Crippen LogP contribution in [0.4, 0.5) is 5.69 Å². The third kappa shape index (κ3) is 3.03. The fourth-order valence-electron chi connectivity index (χ4n) is 1.98. The predicted molar refractivity (Wildman–Crippen MR) is 78.0 cm³/mol. The molecule has 6 nitrogen and oxygen atoms in total. The van der Waals surface area contributed by atoms with Crippen LogP contribution in [-0.4, -0.2) is 26.7 Å². The van der Waals surface area contributed by atoms with E-state index in [1.807, 2.05) is 38.2 Å². The number of hydrogen-bond acceptors (Lipinski definition) is 4. The van der Waals surface area contributed by atoms with Crippen molar-refractivity contribution in [1.82, 2.24) is 14.8 Å². The lowest BCUT2D eigenvalue weighted by Crippen LogP contribution is -2.35. The van der Waals surface area contributed by atoms with E-state index in [1.165, 1.54) is 0 Å². The van der Waals surface area contributed by atoms with E-state index in [0.717, 1.165) is 12.0 Å². The van der Waals surface area contributed by atoms with Crippen LogP contribution in [0.15, 0.2) is 30.6 Å². The van der Waals surface area contributed by atoms with Crippen LogP contribution in [0.1, 0.15) is 19.8 Å². The largest absolute Gasteiger partial charge is 0.324 e. The van der Waals surface area contributed by atoms with Gasteiger partial charge in [0.05, 0.1) is 11.7 Å². The van der Waals surface area contributed by atoms with Crippen molar-refractivity contribution in [2.45, 2.75) is 25.8 Å². The van der Waals surface area contributed by atoms with Crippen molar-refractivity contribution >= 4 is 11.6 Å². The Labute approximate surface area is 118 Å². The summed E-state index contributed by atoms with van der Waals surface area (Å²) in [6, 6.07) is 6.99. The molecule has 0 aliphatic carbocycles. The average Bonchev–Trinajstić information content (AvgIpc) is 2.86. The minimum absolute atomic E-state index is 0.179. The summed E-state index contributed by atoms with van der Waals surface area (Å²) in [6.07, 6.45) is 3.16. The van der Waals surface area contributed by atoms with Crippen molar-refractivity contribution in [2.24, 2.45) is 12.8 Å². The first-order valence-corrected chi connectivity index (χ1v) is 6.63. The summed E-state index contributed by atoms with van der Waals surface area (Å²) in [5, 5.41) is 10.8. The zero-order chi connectivity index (χ0) is 14.5. The normalized spacial score (nSPS) is 12.2. The van der Waals surface area contributed by atoms with Crippen molar-refractivity contribution in [3.05, 3.63) is 30.6 Å². The lowest BCUT2D eigenvalue weighted by Gasteiger charge is -2.14. The Morgan fingerprint density at radius 1 is 1.45 bits per heavy atom. The van der Waals surface area contributed by atoms with Crippen LogP contribution < -0.4 is 11.1 Å². The summed E-state index contributed by atoms with van der Waals surface area (Å²) in [7, 11) is 1.86. The van der Waals surface area contributed by atoms with Gasteiger partial charge in [0.1, 0.15) is 6.33 Å². The van der Waals surface area contributed by atoms with Crippen LogP contribution in [0.5, 0.6) is 0 Å². The Bertz CT molecular complexity index is 593. The molecule has 0 spiro atoms. The van der Waals surface area contributed by atoms with Crippen LogP contribution in [-0.2, 0) is 11.8 Å². The molecule has 0 radical (unpaired) electrons. The average molecular weight is 273 g/mol. The van der Waals surface area contributed by atoms with E-state index in [1.54, 1.807) is 10.9 Å². The van der Waals surface area contributed by atoms with E-state index >= 15 is 0 Å². The second-order valence-electron chi connectivity index (χ2n) is 4.70. The highest BCUT2D eigenvalue weighted by Crippen LogP contribution is 2.25. The van der Waals surface area contributed by atoms with E-state index in [-0.39, 0.29) is 5.91 Å². The summed E-state index contributed by atoms with van der Waals surface area (Å²) in [4.78, 5) is 12.0. The Hall–Kier alpha value is -2.21. The lowest BCUT2D eigenvalue weighted by atomic mass is 10.1. The van der Waals surface area contributed by atoms with E-state index in [0.29, 0.717) is 17.9 Å². The molecule has 0 aliphatic rings. The molecule has 2 rings (SSSR count). The second kappa shape index (κ2) is 6.29. The molecule has 0 saturated heterocycles. The summed E-state index contributed by atoms with van der Waals surface area (Å²) in [6.45, 7) is 2.00. The van der Waals surface area contributed by atoms with Gasteiger partial charge in [-0.3, -0.25) is 4.79 Å². The molecule has 20 heavy (non-hydrogen) atoms. The van der Waals surface area contributed by atoms with Crippen molar-refractivity contribution in [3.8, 4) is 11.4 Å². The van der Waals surface area contributed by atoms with Gasteiger partial charge < -0.3 is 15.6 Å². The molecular weight excluding hydrogens is 254 g/mol. The van der Waals surface area contributed by atoms with Crippen molar-refractivity contribution < 1.29 is 4.79 Å². The van der Waals surface area contributed by atoms with E-state index in [9.17, 15) is 4.79 Å². The van der Waals surface area contributed by atoms with Crippen molar-refractivity contribution in [3.63, 3.8) is 0 Å². The summed E-state index contributed by atoms with van der Waals surface area (Å²) >= 11 is 0. The topological polar surface area (TPSA) is 85.8 Å². The van der Waals surface area contributed by atoms with Gasteiger partial charge in [-0.2, -0.15) is 0 Å². The molecule has 1 amide bonds. The number of rotatable bonds is 5. The molecule has 0 fully saturated rings. The Morgan fingerprint density at radius 3 is 2.85 bits per heavy atom. The molecule has 1 atom stereocenters. The smallest absolute Gasteiger partial charge is 0.241 e. The molecule has 0 bridgehead atoms. The standard InChI is InChI=1S/C14H19N5O/c1-3-6-11(15)14(20)17-12-8-5-4-7-10(12)13-18-16-9-19(13)2/h4-5,7-9,11H,3,6,15H2,1-2H3,(H,17,20)/t11-/m0/s1. The molecule has 0 aliphatic heterocycles. The summed E-state index contributed by atoms with van der Waals surface area (Å²) < 4.78 is 1.80. The van der Waals surface area contributed by atoms with Crippen LogP contribution in [0, 0.1) is 0 Å². The number of hydrogen-bond donors (Lipinski definition) is 2. The van der Waals surface area contributed by atoms with Crippen LogP contribution in [0.3, 0.4) is 0 Å². The van der Waals surface area contributed by atoms with Crippen LogP contribution in [0.25, 0.3) is 11.4 Å². The quantitative estimate of drug-likeness (QED) is 0.865. The van der Waals surface area contributed by atoms with Gasteiger partial charge in [-0.05, 0) is 18.6 Å². The first-order chi connectivity index (χ1) is 9.63. The third-order valence-electron chi connectivity index (χ3n) is 3.07. The minimum Gasteiger partial charge on any atom is -0.324 e. The number of benzene rings is 1. The van der Waals surface area contributed by atoms with Gasteiger partial charge in [0.2, 0.25) is 5.91 Å². The minimum atomic E-state index is -0.493. The molecule has 0 saturated carbocycles. The van der Waals surface area contributed by atoms with Crippen LogP contribution in [0.2, 0.25) is 0 Å². The summed E-state index contributed by atoms with van der Waals surface area (Å²) in [5.74, 6) is 0.520. The van der Waals surface area contributed by atoms with Crippen molar-refractivity contribution in [1.29, 1.82) is 0 Å². The van der Waals surface area contributed by atoms with Gasteiger partial charge in [0.25, 0.3) is 0 Å². The highest BCUT2D eigenvalue weighted by molar-refractivity contribution is 5.97. The highest BCUT2D eigenvalue weighted by atomic mass is 16.2. The van der Waals surface area contributed by atoms with Gasteiger partial charge in [-0.15, -0.1) is 10.2 Å². The number of carbonyl (C=O) groups is 1. The highest BCUT2D eigenvalue weighted by Gasteiger charge is 2.16. The lowest BCUT2D eigenvalue weighted by molar-refractivity contribution is -0.117. The molecule has 6 heteroatoms. The van der Waals surface area contributed by atoms with E-state index in [4.69, 9.17) is 5.73 Å². The Morgan fingerprint density at radius 2 is 2.20 bits per heavy atom. The SMILES string of the molecule is CCC[C@H](N)C(=O)Nc1ccccc1-c1nncn1C. The number of anilines is 1. The number of para-hydroxylation sites is 1. The van der Waals surface area contributed by atoms with E-state index in [2.05, 4.69) is 15.5 Å². The summed E-state index contributed by atoms with van der Waals surface area (Å²) in [5.41, 5.74) is 7.35. The van der Waals surface area contributed by atoms with Gasteiger partial charge >= 0.3 is 0 Å². The number of nitrogens with one attached hydrogen (secondary N) is 1. The molecule has 2 aromatic rings. The maximum atomic E-state index is 12.0. The van der Waals surface area contributed by atoms with Gasteiger partial charge in [-0.25, -0.2) is 0 Å². The van der Waals surface area contributed by atoms with Crippen molar-refractivity contribution in [2.75, 3.05) is 5.32 Å². The van der Waals surface area contributed by atoms with Crippen LogP contribution >= 0.6 is 0 Å². The first-order valence-electron chi connectivity index (χ1n) is 6.63. The zero-order valence-corrected chi connectivity index (χ0v) is 11.7. The number of nitrogens with two attached hydrogens (primary N) is 1. The molecule has 0 unspecified atom stereocenters. The Balaban J connectivity index is 2.25. The number of aromatic nitrogens is 3. The molecule has 106 valence electrons. The molecular formula is C14H19N5O. The fourth-order valence-corrected chi connectivity index (χ4v) is 1.98. The number of amides is 1. The second-order valence-corrected chi connectivity index (χ2v) is 4.70. The predicted octanol–water partition coefficient (Wildman–Crippen LogP) is 1.55. The third-order valence-corrected chi connectivity index (χ3v) is 3.07. The first kappa shape index (κ1) is 14.2. The maximum Gasteiger partial charge on any atom is 0.241 e. The molecule has 1 heterocycles. The number of nitrogens with zero attached hydrogens (tertiary/aromatic N) is 3. The maximum absolute atomic E-state index is 12.0. The molecule has 3 N–H and O–H groups in total. The molecule has 1 aromatic heterocycles. The van der Waals surface area contributed by atoms with Gasteiger partial charge in [0, 0.05) is 12.6 Å². The van der Waals surface area contributed by atoms with Gasteiger partial charge in [0.15, 0.2) is 5.82 Å². The number of aryl methyl sites for hydroxylation is 1. The number of carbonyl (C=O) groups excluding carboxylic acids is 1. The van der Waals surface area contributed by atoms with E-state index < -0.39 is 6.04 Å². The monoisotopic (exact) mass is 273 g/mol. The fraction of sp³-hybridized carbons (Fsp3) is 0.357.